The average molecular weight is 330 g/mol. The van der Waals surface area contributed by atoms with E-state index in [1.807, 2.05) is 67.6 Å². The minimum absolute atomic E-state index is 0.174. The van der Waals surface area contributed by atoms with Crippen molar-refractivity contribution in [1.29, 1.82) is 0 Å². The van der Waals surface area contributed by atoms with Crippen LogP contribution in [-0.4, -0.2) is 5.11 Å². The fourth-order valence-corrected chi connectivity index (χ4v) is 2.77. The number of hydrogen-bond donors (Lipinski definition) is 1. The van der Waals surface area contributed by atoms with Gasteiger partial charge in [-0.2, -0.15) is 0 Å². The molecule has 1 nitrogen and oxygen atoms in total. The minimum Gasteiger partial charge on any atom is -0.508 e. The van der Waals surface area contributed by atoms with Crippen molar-refractivity contribution in [2.24, 2.45) is 0 Å². The molecule has 0 fully saturated rings. The molecule has 3 aromatic carbocycles. The van der Waals surface area contributed by atoms with Crippen molar-refractivity contribution < 1.29 is 5.11 Å². The van der Waals surface area contributed by atoms with Crippen molar-refractivity contribution in [3.05, 3.63) is 108 Å². The second-order valence-electron chi connectivity index (χ2n) is 6.42. The Morgan fingerprint density at radius 2 is 1.24 bits per heavy atom. The van der Waals surface area contributed by atoms with E-state index in [1.54, 1.807) is 6.07 Å². The quantitative estimate of drug-likeness (QED) is 0.586. The Morgan fingerprint density at radius 3 is 1.80 bits per heavy atom. The maximum atomic E-state index is 9.91. The summed E-state index contributed by atoms with van der Waals surface area (Å²) < 4.78 is 0. The summed E-state index contributed by atoms with van der Waals surface area (Å²) in [6.45, 7) is 6.27. The van der Waals surface area contributed by atoms with Gasteiger partial charge in [-0.05, 0) is 24.1 Å². The van der Waals surface area contributed by atoms with E-state index in [2.05, 4.69) is 44.2 Å². The number of hydrogen-bond acceptors (Lipinski definition) is 1. The average Bonchev–Trinajstić information content (AvgIpc) is 2.64. The molecule has 1 N–H and O–H groups in total. The smallest absolute Gasteiger partial charge is 0.119 e. The Hall–Kier alpha value is -2.80. The third kappa shape index (κ3) is 5.09. The number of rotatable bonds is 3. The zero-order valence-electron chi connectivity index (χ0n) is 15.2. The van der Waals surface area contributed by atoms with Crippen molar-refractivity contribution in [3.63, 3.8) is 0 Å². The molecule has 0 aliphatic carbocycles. The summed E-state index contributed by atoms with van der Waals surface area (Å²) in [6, 6.07) is 28.0. The van der Waals surface area contributed by atoms with Gasteiger partial charge in [-0.3, -0.25) is 0 Å². The molecule has 0 spiro atoms. The lowest BCUT2D eigenvalue weighted by Crippen LogP contribution is -2.18. The third-order valence-electron chi connectivity index (χ3n) is 4.23. The third-order valence-corrected chi connectivity index (χ3v) is 4.23. The first-order valence-electron chi connectivity index (χ1n) is 8.57. The van der Waals surface area contributed by atoms with Crippen LogP contribution in [0.5, 0.6) is 5.75 Å². The summed E-state index contributed by atoms with van der Waals surface area (Å²) in [6.07, 6.45) is 4.12. The molecular formula is C24H26O. The van der Waals surface area contributed by atoms with Gasteiger partial charge in [0.1, 0.15) is 5.75 Å². The summed E-state index contributed by atoms with van der Waals surface area (Å²) >= 11 is 0. The first-order chi connectivity index (χ1) is 12.1. The summed E-state index contributed by atoms with van der Waals surface area (Å²) in [5.74, 6) is 0.358. The van der Waals surface area contributed by atoms with E-state index in [9.17, 15) is 5.11 Å². The molecule has 0 heterocycles. The van der Waals surface area contributed by atoms with Gasteiger partial charge in [-0.1, -0.05) is 105 Å². The normalized spacial score (nSPS) is 11.0. The first kappa shape index (κ1) is 18.5. The van der Waals surface area contributed by atoms with E-state index in [4.69, 9.17) is 0 Å². The Bertz CT molecular complexity index is 787. The van der Waals surface area contributed by atoms with E-state index in [0.29, 0.717) is 5.75 Å². The Kier molecular flexibility index (Phi) is 6.59. The largest absolute Gasteiger partial charge is 0.508 e. The van der Waals surface area contributed by atoms with Crippen LogP contribution >= 0.6 is 0 Å². The SMILES string of the molecule is CC(C)(c1ccccc1)c1ccccc1O.CC=Cc1ccccc1. The molecule has 0 aliphatic heterocycles. The van der Waals surface area contributed by atoms with Gasteiger partial charge in [0.05, 0.1) is 0 Å². The number of phenolic OH excluding ortho intramolecular Hbond substituents is 1. The lowest BCUT2D eigenvalue weighted by atomic mass is 9.78. The summed E-state index contributed by atoms with van der Waals surface area (Å²) in [7, 11) is 0. The van der Waals surface area contributed by atoms with Crippen LogP contribution < -0.4 is 0 Å². The van der Waals surface area contributed by atoms with Crippen molar-refractivity contribution >= 4 is 6.08 Å². The molecule has 0 aromatic heterocycles. The summed E-state index contributed by atoms with van der Waals surface area (Å²) in [5.41, 5.74) is 3.25. The first-order valence-corrected chi connectivity index (χ1v) is 8.57. The molecule has 0 aliphatic rings. The van der Waals surface area contributed by atoms with Crippen molar-refractivity contribution in [3.8, 4) is 5.75 Å². The molecule has 128 valence electrons. The molecule has 0 saturated heterocycles. The molecule has 0 saturated carbocycles. The van der Waals surface area contributed by atoms with Gasteiger partial charge in [0.15, 0.2) is 0 Å². The second-order valence-corrected chi connectivity index (χ2v) is 6.42. The highest BCUT2D eigenvalue weighted by Crippen LogP contribution is 2.36. The molecule has 25 heavy (non-hydrogen) atoms. The number of aromatic hydroxyl groups is 1. The van der Waals surface area contributed by atoms with Crippen LogP contribution in [0.3, 0.4) is 0 Å². The Morgan fingerprint density at radius 1 is 0.720 bits per heavy atom. The van der Waals surface area contributed by atoms with Crippen LogP contribution in [0.15, 0.2) is 91.0 Å². The predicted molar refractivity (Wildman–Crippen MR) is 108 cm³/mol. The number of allylic oxidation sites excluding steroid dienone is 1. The van der Waals surface area contributed by atoms with Crippen LogP contribution in [0, 0.1) is 0 Å². The van der Waals surface area contributed by atoms with Gasteiger partial charge in [0.2, 0.25) is 0 Å². The van der Waals surface area contributed by atoms with Gasteiger partial charge >= 0.3 is 0 Å². The second kappa shape index (κ2) is 8.89. The maximum absolute atomic E-state index is 9.91. The summed E-state index contributed by atoms with van der Waals surface area (Å²) in [4.78, 5) is 0. The predicted octanol–water partition coefficient (Wildman–Crippen LogP) is 6.44. The van der Waals surface area contributed by atoms with Gasteiger partial charge in [0, 0.05) is 11.0 Å². The van der Waals surface area contributed by atoms with Gasteiger partial charge in [0.25, 0.3) is 0 Å². The Balaban J connectivity index is 0.000000212. The zero-order chi connectivity index (χ0) is 18.1. The maximum Gasteiger partial charge on any atom is 0.119 e. The molecule has 0 amide bonds. The fourth-order valence-electron chi connectivity index (χ4n) is 2.77. The molecule has 0 atom stereocenters. The number of benzene rings is 3. The molecule has 3 aromatic rings. The fraction of sp³-hybridized carbons (Fsp3) is 0.167. The van der Waals surface area contributed by atoms with E-state index >= 15 is 0 Å². The minimum atomic E-state index is -0.174. The standard InChI is InChI=1S/C15H16O.C9H10/c1-15(2,12-8-4-3-5-9-12)13-10-6-7-11-14(13)16;1-2-6-9-7-4-3-5-8-9/h3-11,16H,1-2H3;2-8H,1H3. The molecule has 0 unspecified atom stereocenters. The zero-order valence-corrected chi connectivity index (χ0v) is 15.2. The van der Waals surface area contributed by atoms with E-state index in [1.165, 1.54) is 11.1 Å². The van der Waals surface area contributed by atoms with Crippen molar-refractivity contribution in [2.75, 3.05) is 0 Å². The number of phenols is 1. The van der Waals surface area contributed by atoms with Crippen LogP contribution in [0.25, 0.3) is 6.08 Å². The van der Waals surface area contributed by atoms with Gasteiger partial charge in [-0.15, -0.1) is 0 Å². The highest BCUT2D eigenvalue weighted by atomic mass is 16.3. The number of para-hydroxylation sites is 1. The molecule has 0 bridgehead atoms. The Labute approximate surface area is 151 Å². The van der Waals surface area contributed by atoms with Crippen LogP contribution in [-0.2, 0) is 5.41 Å². The van der Waals surface area contributed by atoms with Gasteiger partial charge in [-0.25, -0.2) is 0 Å². The molecule has 0 radical (unpaired) electrons. The topological polar surface area (TPSA) is 20.2 Å². The lowest BCUT2D eigenvalue weighted by Gasteiger charge is -2.26. The van der Waals surface area contributed by atoms with E-state index < -0.39 is 0 Å². The highest BCUT2D eigenvalue weighted by Gasteiger charge is 2.25. The van der Waals surface area contributed by atoms with Crippen LogP contribution in [0.4, 0.5) is 0 Å². The van der Waals surface area contributed by atoms with E-state index in [0.717, 1.165) is 5.56 Å². The van der Waals surface area contributed by atoms with Crippen molar-refractivity contribution in [2.45, 2.75) is 26.2 Å². The van der Waals surface area contributed by atoms with Crippen LogP contribution in [0.1, 0.15) is 37.5 Å². The summed E-state index contributed by atoms with van der Waals surface area (Å²) in [5, 5.41) is 9.91. The monoisotopic (exact) mass is 330 g/mol. The highest BCUT2D eigenvalue weighted by molar-refractivity contribution is 5.48. The lowest BCUT2D eigenvalue weighted by molar-refractivity contribution is 0.453. The van der Waals surface area contributed by atoms with E-state index in [-0.39, 0.29) is 5.41 Å². The molecular weight excluding hydrogens is 304 g/mol. The molecule has 1 heteroatoms. The van der Waals surface area contributed by atoms with Crippen LogP contribution in [0.2, 0.25) is 0 Å². The van der Waals surface area contributed by atoms with Gasteiger partial charge < -0.3 is 5.11 Å². The van der Waals surface area contributed by atoms with Crippen molar-refractivity contribution in [1.82, 2.24) is 0 Å². The molecule has 3 rings (SSSR count).